The normalized spacial score (nSPS) is 10.3. The third-order valence-electron chi connectivity index (χ3n) is 4.24. The minimum Gasteiger partial charge on any atom is -0.490 e. The van der Waals surface area contributed by atoms with Gasteiger partial charge in [-0.3, -0.25) is 4.79 Å². The molecule has 0 unspecified atom stereocenters. The topological polar surface area (TPSA) is 56.8 Å². The predicted molar refractivity (Wildman–Crippen MR) is 114 cm³/mol. The zero-order valence-electron chi connectivity index (χ0n) is 16.7. The van der Waals surface area contributed by atoms with E-state index in [1.54, 1.807) is 6.07 Å². The smallest absolute Gasteiger partial charge is 0.262 e. The van der Waals surface area contributed by atoms with Gasteiger partial charge in [0, 0.05) is 11.8 Å². The number of benzene rings is 3. The Morgan fingerprint density at radius 1 is 0.759 bits per heavy atom. The highest BCUT2D eigenvalue weighted by Gasteiger charge is 2.08. The molecule has 0 heterocycles. The number of carbonyl (C=O) groups is 1. The highest BCUT2D eigenvalue weighted by molar-refractivity contribution is 5.92. The molecule has 1 N–H and O–H groups in total. The number of anilines is 1. The van der Waals surface area contributed by atoms with Crippen LogP contribution in [-0.2, 0) is 4.79 Å². The van der Waals surface area contributed by atoms with E-state index in [0.717, 1.165) is 22.6 Å². The Morgan fingerprint density at radius 3 is 2.10 bits per heavy atom. The highest BCUT2D eigenvalue weighted by Crippen LogP contribution is 2.22. The van der Waals surface area contributed by atoms with Crippen LogP contribution in [0.25, 0.3) is 0 Å². The van der Waals surface area contributed by atoms with Crippen molar-refractivity contribution in [2.45, 2.75) is 13.8 Å². The van der Waals surface area contributed by atoms with E-state index in [4.69, 9.17) is 14.2 Å². The highest BCUT2D eigenvalue weighted by atomic mass is 16.5. The quantitative estimate of drug-likeness (QED) is 0.534. The molecule has 0 fully saturated rings. The van der Waals surface area contributed by atoms with Crippen molar-refractivity contribution in [1.29, 1.82) is 0 Å². The fourth-order valence-electron chi connectivity index (χ4n) is 2.86. The fourth-order valence-corrected chi connectivity index (χ4v) is 2.86. The molecule has 3 aromatic rings. The van der Waals surface area contributed by atoms with Gasteiger partial charge in [0.15, 0.2) is 6.61 Å². The number of rotatable bonds is 9. The molecule has 1 amide bonds. The molecular formula is C24H25NO4. The molecule has 0 atom stereocenters. The molecule has 0 aliphatic heterocycles. The van der Waals surface area contributed by atoms with Crippen molar-refractivity contribution < 1.29 is 19.0 Å². The number of hydrogen-bond acceptors (Lipinski definition) is 4. The first-order chi connectivity index (χ1) is 14.1. The molecule has 150 valence electrons. The van der Waals surface area contributed by atoms with Crippen LogP contribution in [0.1, 0.15) is 11.1 Å². The van der Waals surface area contributed by atoms with Crippen LogP contribution < -0.4 is 19.5 Å². The van der Waals surface area contributed by atoms with Crippen molar-refractivity contribution >= 4 is 11.6 Å². The lowest BCUT2D eigenvalue weighted by atomic mass is 10.1. The van der Waals surface area contributed by atoms with E-state index in [1.807, 2.05) is 80.6 Å². The number of ether oxygens (including phenoxy) is 3. The van der Waals surface area contributed by atoms with E-state index < -0.39 is 0 Å². The third-order valence-corrected chi connectivity index (χ3v) is 4.24. The molecule has 0 aliphatic rings. The summed E-state index contributed by atoms with van der Waals surface area (Å²) in [5.41, 5.74) is 2.67. The van der Waals surface area contributed by atoms with Crippen LogP contribution in [0.15, 0.2) is 72.8 Å². The van der Waals surface area contributed by atoms with E-state index >= 15 is 0 Å². The minimum absolute atomic E-state index is 0.0539. The molecule has 0 saturated heterocycles. The van der Waals surface area contributed by atoms with E-state index in [-0.39, 0.29) is 12.5 Å². The number of nitrogens with one attached hydrogen (secondary N) is 1. The molecule has 3 aromatic carbocycles. The Labute approximate surface area is 171 Å². The van der Waals surface area contributed by atoms with E-state index in [9.17, 15) is 4.79 Å². The lowest BCUT2D eigenvalue weighted by Gasteiger charge is -2.13. The van der Waals surface area contributed by atoms with Gasteiger partial charge in [0.25, 0.3) is 5.91 Å². The summed E-state index contributed by atoms with van der Waals surface area (Å²) in [4.78, 5) is 12.2. The molecule has 3 rings (SSSR count). The summed E-state index contributed by atoms with van der Waals surface area (Å²) in [5.74, 6) is 1.99. The van der Waals surface area contributed by atoms with Crippen LogP contribution in [0.5, 0.6) is 17.2 Å². The summed E-state index contributed by atoms with van der Waals surface area (Å²) in [7, 11) is 0. The molecule has 0 bridgehead atoms. The summed E-state index contributed by atoms with van der Waals surface area (Å²) in [6.07, 6.45) is 0. The molecule has 0 saturated carbocycles. The average molecular weight is 391 g/mol. The second kappa shape index (κ2) is 10.2. The van der Waals surface area contributed by atoms with Crippen LogP contribution in [0.2, 0.25) is 0 Å². The molecule has 29 heavy (non-hydrogen) atoms. The van der Waals surface area contributed by atoms with Crippen LogP contribution in [0.3, 0.4) is 0 Å². The van der Waals surface area contributed by atoms with Crippen LogP contribution in [0.4, 0.5) is 5.69 Å². The second-order valence-electron chi connectivity index (χ2n) is 6.60. The maximum Gasteiger partial charge on any atom is 0.262 e. The maximum absolute atomic E-state index is 12.2. The molecule has 0 radical (unpaired) electrons. The monoisotopic (exact) mass is 391 g/mol. The van der Waals surface area contributed by atoms with Gasteiger partial charge >= 0.3 is 0 Å². The van der Waals surface area contributed by atoms with E-state index in [2.05, 4.69) is 5.32 Å². The molecule has 5 nitrogen and oxygen atoms in total. The van der Waals surface area contributed by atoms with E-state index in [1.165, 1.54) is 0 Å². The van der Waals surface area contributed by atoms with Gasteiger partial charge in [-0.2, -0.15) is 0 Å². The summed E-state index contributed by atoms with van der Waals surface area (Å²) in [6, 6.07) is 22.7. The van der Waals surface area contributed by atoms with Crippen LogP contribution in [0, 0.1) is 13.8 Å². The summed E-state index contributed by atoms with van der Waals surface area (Å²) < 4.78 is 17.0. The molecule has 0 aromatic heterocycles. The lowest BCUT2D eigenvalue weighted by molar-refractivity contribution is -0.118. The molecule has 5 heteroatoms. The van der Waals surface area contributed by atoms with Gasteiger partial charge in [-0.1, -0.05) is 42.5 Å². The second-order valence-corrected chi connectivity index (χ2v) is 6.60. The van der Waals surface area contributed by atoms with Gasteiger partial charge in [0.05, 0.1) is 0 Å². The Kier molecular flexibility index (Phi) is 7.11. The number of amides is 1. The lowest BCUT2D eigenvalue weighted by Crippen LogP contribution is -2.20. The van der Waals surface area contributed by atoms with Gasteiger partial charge in [-0.05, 0) is 49.2 Å². The predicted octanol–water partition coefficient (Wildman–Crippen LogP) is 4.78. The van der Waals surface area contributed by atoms with Crippen LogP contribution >= 0.6 is 0 Å². The van der Waals surface area contributed by atoms with Crippen molar-refractivity contribution in [3.63, 3.8) is 0 Å². The number of carbonyl (C=O) groups excluding carboxylic acids is 1. The summed E-state index contributed by atoms with van der Waals surface area (Å²) in [6.45, 7) is 4.71. The maximum atomic E-state index is 12.2. The Bertz CT molecular complexity index is 920. The first-order valence-corrected chi connectivity index (χ1v) is 9.51. The van der Waals surface area contributed by atoms with Gasteiger partial charge in [-0.15, -0.1) is 0 Å². The Morgan fingerprint density at radius 2 is 1.38 bits per heavy atom. The Hall–Kier alpha value is -3.47. The van der Waals surface area contributed by atoms with Gasteiger partial charge < -0.3 is 19.5 Å². The first-order valence-electron chi connectivity index (χ1n) is 9.51. The number of para-hydroxylation sites is 2. The van der Waals surface area contributed by atoms with E-state index in [0.29, 0.717) is 24.7 Å². The van der Waals surface area contributed by atoms with Gasteiger partial charge in [-0.25, -0.2) is 0 Å². The zero-order valence-corrected chi connectivity index (χ0v) is 16.7. The van der Waals surface area contributed by atoms with Gasteiger partial charge in [0.1, 0.15) is 30.5 Å². The zero-order chi connectivity index (χ0) is 20.5. The van der Waals surface area contributed by atoms with Gasteiger partial charge in [0.2, 0.25) is 0 Å². The summed E-state index contributed by atoms with van der Waals surface area (Å²) in [5, 5.41) is 2.83. The molecule has 0 spiro atoms. The van der Waals surface area contributed by atoms with Crippen molar-refractivity contribution in [1.82, 2.24) is 0 Å². The fraction of sp³-hybridized carbons (Fsp3) is 0.208. The summed E-state index contributed by atoms with van der Waals surface area (Å²) >= 11 is 0. The molecular weight excluding hydrogens is 366 g/mol. The van der Waals surface area contributed by atoms with Crippen molar-refractivity contribution in [2.75, 3.05) is 25.1 Å². The number of hydrogen-bond donors (Lipinski definition) is 1. The van der Waals surface area contributed by atoms with Crippen LogP contribution in [-0.4, -0.2) is 25.7 Å². The van der Waals surface area contributed by atoms with Crippen molar-refractivity contribution in [3.8, 4) is 17.2 Å². The third kappa shape index (κ3) is 6.28. The van der Waals surface area contributed by atoms with Crippen molar-refractivity contribution in [3.05, 3.63) is 83.9 Å². The first kappa shape index (κ1) is 20.3. The Balaban J connectivity index is 1.45. The largest absolute Gasteiger partial charge is 0.490 e. The standard InChI is InChI=1S/C24H25NO4/c1-18-8-6-9-19(2)24(18)29-17-23(26)25-20-10-7-13-22(16-20)28-15-14-27-21-11-4-3-5-12-21/h3-13,16H,14-15,17H2,1-2H3,(H,25,26). The average Bonchev–Trinajstić information content (AvgIpc) is 2.72. The number of aryl methyl sites for hydroxylation is 2. The molecule has 0 aliphatic carbocycles. The SMILES string of the molecule is Cc1cccc(C)c1OCC(=O)Nc1cccc(OCCOc2ccccc2)c1. The van der Waals surface area contributed by atoms with Crippen molar-refractivity contribution in [2.24, 2.45) is 0 Å². The minimum atomic E-state index is -0.225.